The van der Waals surface area contributed by atoms with Crippen LogP contribution in [-0.2, 0) is 6.42 Å². The van der Waals surface area contributed by atoms with Crippen LogP contribution in [0.4, 0.5) is 0 Å². The molecule has 0 amide bonds. The number of hydrogen-bond donors (Lipinski definition) is 0. The summed E-state index contributed by atoms with van der Waals surface area (Å²) in [6.45, 7) is 0. The van der Waals surface area contributed by atoms with Crippen LogP contribution in [0.15, 0.2) is 38.6 Å². The summed E-state index contributed by atoms with van der Waals surface area (Å²) in [6, 6.07) is 10.1. The highest BCUT2D eigenvalue weighted by molar-refractivity contribution is 9.13. The lowest BCUT2D eigenvalue weighted by Gasteiger charge is -2.08. The smallest absolute Gasteiger partial charge is 0.0843 e. The summed E-state index contributed by atoms with van der Waals surface area (Å²) in [6.07, 6.45) is 0.888. The van der Waals surface area contributed by atoms with E-state index in [0.717, 1.165) is 25.3 Å². The summed E-state index contributed by atoms with van der Waals surface area (Å²) >= 11 is 18.6. The third kappa shape index (κ3) is 3.57. The maximum Gasteiger partial charge on any atom is 0.0843 e. The normalized spacial score (nSPS) is 12.7. The van der Waals surface area contributed by atoms with E-state index in [0.29, 0.717) is 0 Å². The molecule has 1 aromatic carbocycles. The van der Waals surface area contributed by atoms with E-state index in [1.807, 2.05) is 18.2 Å². The second-order valence-corrected chi connectivity index (χ2v) is 8.30. The Morgan fingerprint density at radius 1 is 1.24 bits per heavy atom. The fourth-order valence-electron chi connectivity index (χ4n) is 1.48. The second-order valence-electron chi connectivity index (χ2n) is 3.53. The summed E-state index contributed by atoms with van der Waals surface area (Å²) < 4.78 is 2.22. The number of alkyl halides is 1. The third-order valence-corrected chi connectivity index (χ3v) is 7.19. The van der Waals surface area contributed by atoms with Gasteiger partial charge in [-0.05, 0) is 56.0 Å². The van der Waals surface area contributed by atoms with Crippen molar-refractivity contribution in [1.29, 1.82) is 0 Å². The van der Waals surface area contributed by atoms with Gasteiger partial charge in [-0.2, -0.15) is 0 Å². The Bertz CT molecular complexity index is 505. The van der Waals surface area contributed by atoms with Crippen LogP contribution < -0.4 is 0 Å². The first-order chi connectivity index (χ1) is 8.08. The molecule has 0 spiro atoms. The van der Waals surface area contributed by atoms with E-state index in [2.05, 4.69) is 59.9 Å². The lowest BCUT2D eigenvalue weighted by molar-refractivity contribution is 0.969. The van der Waals surface area contributed by atoms with E-state index in [1.165, 1.54) is 4.88 Å². The molecule has 17 heavy (non-hydrogen) atoms. The van der Waals surface area contributed by atoms with Crippen LogP contribution in [0.2, 0.25) is 5.02 Å². The Morgan fingerprint density at radius 3 is 2.53 bits per heavy atom. The van der Waals surface area contributed by atoms with Crippen molar-refractivity contribution >= 4 is 70.7 Å². The summed E-state index contributed by atoms with van der Waals surface area (Å²) in [5.41, 5.74) is 1.16. The molecule has 0 aliphatic rings. The SMILES string of the molecule is Clc1ccccc1CC(Br)c1cc(Br)c(Br)s1. The van der Waals surface area contributed by atoms with Crippen molar-refractivity contribution in [3.63, 3.8) is 0 Å². The molecule has 2 aromatic rings. The molecule has 2 rings (SSSR count). The predicted molar refractivity (Wildman–Crippen MR) is 86.5 cm³/mol. The predicted octanol–water partition coefficient (Wildman–Crippen LogP) is 6.61. The first kappa shape index (κ1) is 14.1. The molecule has 0 aliphatic heterocycles. The van der Waals surface area contributed by atoms with E-state index < -0.39 is 0 Å². The van der Waals surface area contributed by atoms with E-state index >= 15 is 0 Å². The minimum absolute atomic E-state index is 0.287. The second kappa shape index (κ2) is 6.20. The number of hydrogen-bond acceptors (Lipinski definition) is 1. The quantitative estimate of drug-likeness (QED) is 0.454. The highest BCUT2D eigenvalue weighted by atomic mass is 79.9. The average molecular weight is 459 g/mol. The standard InChI is InChI=1S/C12H8Br3ClS/c13-8(11-6-9(14)12(15)17-11)5-7-3-1-2-4-10(7)16/h1-4,6,8H,5H2. The summed E-state index contributed by atoms with van der Waals surface area (Å²) in [7, 11) is 0. The van der Waals surface area contributed by atoms with Gasteiger partial charge in [0.25, 0.3) is 0 Å². The van der Waals surface area contributed by atoms with E-state index in [1.54, 1.807) is 11.3 Å². The molecule has 0 saturated heterocycles. The van der Waals surface area contributed by atoms with Gasteiger partial charge in [-0.25, -0.2) is 0 Å². The van der Waals surface area contributed by atoms with E-state index in [-0.39, 0.29) is 4.83 Å². The Morgan fingerprint density at radius 2 is 1.94 bits per heavy atom. The third-order valence-electron chi connectivity index (χ3n) is 2.33. The molecule has 0 nitrogen and oxygen atoms in total. The highest BCUT2D eigenvalue weighted by Gasteiger charge is 2.14. The van der Waals surface area contributed by atoms with Gasteiger partial charge in [0.15, 0.2) is 0 Å². The van der Waals surface area contributed by atoms with E-state index in [9.17, 15) is 0 Å². The fourth-order valence-corrected chi connectivity index (χ4v) is 4.52. The van der Waals surface area contributed by atoms with Crippen LogP contribution in [0.3, 0.4) is 0 Å². The van der Waals surface area contributed by atoms with Gasteiger partial charge in [-0.3, -0.25) is 0 Å². The Labute approximate surface area is 135 Å². The van der Waals surface area contributed by atoms with Crippen LogP contribution in [0.1, 0.15) is 15.3 Å². The number of benzene rings is 1. The van der Waals surface area contributed by atoms with Crippen molar-refractivity contribution in [1.82, 2.24) is 0 Å². The molecule has 0 bridgehead atoms. The van der Waals surface area contributed by atoms with Crippen molar-refractivity contribution in [2.24, 2.45) is 0 Å². The first-order valence-corrected chi connectivity index (χ1v) is 8.59. The fraction of sp³-hybridized carbons (Fsp3) is 0.167. The topological polar surface area (TPSA) is 0 Å². The molecular weight excluding hydrogens is 451 g/mol. The zero-order valence-corrected chi connectivity index (χ0v) is 14.9. The molecule has 1 unspecified atom stereocenters. The van der Waals surface area contributed by atoms with Crippen LogP contribution in [0.25, 0.3) is 0 Å². The molecule has 0 aliphatic carbocycles. The van der Waals surface area contributed by atoms with Gasteiger partial charge in [0, 0.05) is 14.4 Å². The molecule has 0 saturated carbocycles. The van der Waals surface area contributed by atoms with Crippen molar-refractivity contribution in [3.8, 4) is 0 Å². The number of halogens is 4. The molecule has 0 N–H and O–H groups in total. The largest absolute Gasteiger partial charge is 0.131 e. The van der Waals surface area contributed by atoms with Crippen molar-refractivity contribution in [3.05, 3.63) is 54.1 Å². The molecule has 90 valence electrons. The summed E-state index contributed by atoms with van der Waals surface area (Å²) in [5, 5.41) is 0.826. The highest BCUT2D eigenvalue weighted by Crippen LogP contribution is 2.40. The molecule has 1 heterocycles. The zero-order chi connectivity index (χ0) is 12.4. The van der Waals surface area contributed by atoms with Gasteiger partial charge < -0.3 is 0 Å². The maximum atomic E-state index is 6.16. The van der Waals surface area contributed by atoms with Crippen LogP contribution in [-0.4, -0.2) is 0 Å². The monoisotopic (exact) mass is 456 g/mol. The van der Waals surface area contributed by atoms with Gasteiger partial charge in [0.1, 0.15) is 0 Å². The lowest BCUT2D eigenvalue weighted by atomic mass is 10.1. The van der Waals surface area contributed by atoms with Gasteiger partial charge in [0.2, 0.25) is 0 Å². The van der Waals surface area contributed by atoms with Gasteiger partial charge >= 0.3 is 0 Å². The summed E-state index contributed by atoms with van der Waals surface area (Å²) in [5.74, 6) is 0. The van der Waals surface area contributed by atoms with Crippen molar-refractivity contribution in [2.75, 3.05) is 0 Å². The average Bonchev–Trinajstić information content (AvgIpc) is 2.63. The minimum Gasteiger partial charge on any atom is -0.131 e. The van der Waals surface area contributed by atoms with Crippen molar-refractivity contribution in [2.45, 2.75) is 11.2 Å². The number of rotatable bonds is 3. The minimum atomic E-state index is 0.287. The Hall–Kier alpha value is 0.650. The Kier molecular flexibility index (Phi) is 5.13. The van der Waals surface area contributed by atoms with Crippen LogP contribution in [0.5, 0.6) is 0 Å². The first-order valence-electron chi connectivity index (χ1n) is 4.90. The zero-order valence-electron chi connectivity index (χ0n) is 8.59. The van der Waals surface area contributed by atoms with Gasteiger partial charge in [0.05, 0.1) is 8.61 Å². The molecule has 1 aromatic heterocycles. The van der Waals surface area contributed by atoms with Crippen LogP contribution in [0, 0.1) is 0 Å². The molecule has 1 atom stereocenters. The van der Waals surface area contributed by atoms with Crippen molar-refractivity contribution < 1.29 is 0 Å². The summed E-state index contributed by atoms with van der Waals surface area (Å²) in [4.78, 5) is 1.57. The maximum absolute atomic E-state index is 6.16. The lowest BCUT2D eigenvalue weighted by Crippen LogP contribution is -1.93. The molecule has 5 heteroatoms. The van der Waals surface area contributed by atoms with Gasteiger partial charge in [-0.15, -0.1) is 11.3 Å². The molecule has 0 fully saturated rings. The molecular formula is C12H8Br3ClS. The van der Waals surface area contributed by atoms with E-state index in [4.69, 9.17) is 11.6 Å². The van der Waals surface area contributed by atoms with Gasteiger partial charge in [-0.1, -0.05) is 45.7 Å². The Balaban J connectivity index is 2.17. The molecule has 0 radical (unpaired) electrons. The number of thiophene rings is 1. The van der Waals surface area contributed by atoms with Crippen LogP contribution >= 0.6 is 70.7 Å².